The first-order valence-corrected chi connectivity index (χ1v) is 6.04. The summed E-state index contributed by atoms with van der Waals surface area (Å²) in [6, 6.07) is 5.05. The Morgan fingerprint density at radius 2 is 2.18 bits per heavy atom. The molecule has 0 saturated heterocycles. The summed E-state index contributed by atoms with van der Waals surface area (Å²) in [6.45, 7) is 2.04. The molecule has 17 heavy (non-hydrogen) atoms. The SMILES string of the molecule is CCCCc1c(O)c2cc(Cl)ccc2[nH]c1=O. The number of aromatic amines is 1. The quantitative estimate of drug-likeness (QED) is 0.880. The number of H-pyrrole nitrogens is 1. The van der Waals surface area contributed by atoms with E-state index in [1.165, 1.54) is 0 Å². The lowest BCUT2D eigenvalue weighted by atomic mass is 10.1. The van der Waals surface area contributed by atoms with E-state index in [0.717, 1.165) is 12.8 Å². The Kier molecular flexibility index (Phi) is 3.38. The van der Waals surface area contributed by atoms with Gasteiger partial charge in [0.25, 0.3) is 5.56 Å². The molecule has 1 heterocycles. The summed E-state index contributed by atoms with van der Waals surface area (Å²) in [5.74, 6) is 0.0553. The highest BCUT2D eigenvalue weighted by Crippen LogP contribution is 2.28. The van der Waals surface area contributed by atoms with Gasteiger partial charge in [-0.25, -0.2) is 0 Å². The second-order valence-corrected chi connectivity index (χ2v) is 4.51. The number of unbranched alkanes of at least 4 members (excludes halogenated alkanes) is 1. The molecule has 0 fully saturated rings. The summed E-state index contributed by atoms with van der Waals surface area (Å²) in [5.41, 5.74) is 0.838. The van der Waals surface area contributed by atoms with Crippen LogP contribution in [-0.4, -0.2) is 10.1 Å². The summed E-state index contributed by atoms with van der Waals surface area (Å²) in [6.07, 6.45) is 2.44. The van der Waals surface area contributed by atoms with Gasteiger partial charge in [-0.3, -0.25) is 4.79 Å². The summed E-state index contributed by atoms with van der Waals surface area (Å²) in [5, 5.41) is 11.2. The van der Waals surface area contributed by atoms with Gasteiger partial charge < -0.3 is 10.1 Å². The summed E-state index contributed by atoms with van der Waals surface area (Å²) in [7, 11) is 0. The van der Waals surface area contributed by atoms with Crippen LogP contribution < -0.4 is 5.56 Å². The molecule has 0 aliphatic rings. The summed E-state index contributed by atoms with van der Waals surface area (Å²) >= 11 is 5.88. The molecule has 0 amide bonds. The van der Waals surface area contributed by atoms with E-state index in [4.69, 9.17) is 11.6 Å². The largest absolute Gasteiger partial charge is 0.507 e. The molecular weight excluding hydrogens is 238 g/mol. The molecule has 1 aromatic carbocycles. The molecule has 1 aromatic heterocycles. The number of nitrogens with one attached hydrogen (secondary N) is 1. The van der Waals surface area contributed by atoms with Gasteiger partial charge in [-0.05, 0) is 31.0 Å². The van der Waals surface area contributed by atoms with Crippen LogP contribution in [-0.2, 0) is 6.42 Å². The molecule has 0 bridgehead atoms. The lowest BCUT2D eigenvalue weighted by Gasteiger charge is -2.07. The van der Waals surface area contributed by atoms with Crippen LogP contribution in [0.3, 0.4) is 0 Å². The zero-order valence-electron chi connectivity index (χ0n) is 9.59. The van der Waals surface area contributed by atoms with Crippen molar-refractivity contribution in [2.75, 3.05) is 0 Å². The molecule has 0 saturated carbocycles. The van der Waals surface area contributed by atoms with Crippen LogP contribution in [0.25, 0.3) is 10.9 Å². The van der Waals surface area contributed by atoms with Gasteiger partial charge in [-0.15, -0.1) is 0 Å². The maximum Gasteiger partial charge on any atom is 0.255 e. The van der Waals surface area contributed by atoms with E-state index in [1.54, 1.807) is 18.2 Å². The van der Waals surface area contributed by atoms with Gasteiger partial charge in [-0.2, -0.15) is 0 Å². The maximum absolute atomic E-state index is 11.8. The molecule has 0 atom stereocenters. The standard InChI is InChI=1S/C13H14ClNO2/c1-2-3-4-9-12(16)10-7-8(14)5-6-11(10)15-13(9)17/h5-7H,2-4H2,1H3,(H2,15,16,17). The molecule has 0 unspecified atom stereocenters. The minimum atomic E-state index is -0.217. The average Bonchev–Trinajstić information content (AvgIpc) is 2.30. The number of halogens is 1. The Bertz CT molecular complexity index is 604. The highest BCUT2D eigenvalue weighted by molar-refractivity contribution is 6.31. The Hall–Kier alpha value is -1.48. The topological polar surface area (TPSA) is 53.1 Å². The fraction of sp³-hybridized carbons (Fsp3) is 0.308. The van der Waals surface area contributed by atoms with Crippen molar-refractivity contribution in [3.63, 3.8) is 0 Å². The first-order chi connectivity index (χ1) is 8.13. The molecule has 0 spiro atoms. The van der Waals surface area contributed by atoms with Gasteiger partial charge in [0.2, 0.25) is 0 Å². The van der Waals surface area contributed by atoms with Crippen molar-refractivity contribution in [3.05, 3.63) is 39.1 Å². The van der Waals surface area contributed by atoms with E-state index < -0.39 is 0 Å². The lowest BCUT2D eigenvalue weighted by Crippen LogP contribution is -2.12. The Morgan fingerprint density at radius 1 is 1.41 bits per heavy atom. The van der Waals surface area contributed by atoms with Crippen molar-refractivity contribution < 1.29 is 5.11 Å². The third-order valence-corrected chi connectivity index (χ3v) is 3.06. The van der Waals surface area contributed by atoms with E-state index >= 15 is 0 Å². The van der Waals surface area contributed by atoms with Gasteiger partial charge in [0.1, 0.15) is 5.75 Å². The molecule has 0 radical (unpaired) electrons. The van der Waals surface area contributed by atoms with Crippen LogP contribution in [0.15, 0.2) is 23.0 Å². The zero-order valence-corrected chi connectivity index (χ0v) is 10.3. The fourth-order valence-corrected chi connectivity index (χ4v) is 2.05. The van der Waals surface area contributed by atoms with Gasteiger partial charge in [0, 0.05) is 10.4 Å². The van der Waals surface area contributed by atoms with Crippen molar-refractivity contribution in [3.8, 4) is 5.75 Å². The average molecular weight is 252 g/mol. The van der Waals surface area contributed by atoms with E-state index in [1.807, 2.05) is 6.92 Å². The lowest BCUT2D eigenvalue weighted by molar-refractivity contribution is 0.471. The minimum Gasteiger partial charge on any atom is -0.507 e. The molecule has 0 aliphatic heterocycles. The number of benzene rings is 1. The molecule has 90 valence electrons. The van der Waals surface area contributed by atoms with E-state index in [-0.39, 0.29) is 11.3 Å². The number of pyridine rings is 1. The number of hydrogen-bond donors (Lipinski definition) is 2. The third kappa shape index (κ3) is 2.29. The second kappa shape index (κ2) is 4.80. The van der Waals surface area contributed by atoms with Gasteiger partial charge in [0.05, 0.1) is 11.1 Å². The van der Waals surface area contributed by atoms with Crippen LogP contribution in [0, 0.1) is 0 Å². The Balaban J connectivity index is 2.65. The van der Waals surface area contributed by atoms with Gasteiger partial charge in [-0.1, -0.05) is 24.9 Å². The van der Waals surface area contributed by atoms with Crippen molar-refractivity contribution >= 4 is 22.5 Å². The van der Waals surface area contributed by atoms with Crippen LogP contribution in [0.2, 0.25) is 5.02 Å². The number of hydrogen-bond acceptors (Lipinski definition) is 2. The fourth-order valence-electron chi connectivity index (χ4n) is 1.87. The summed E-state index contributed by atoms with van der Waals surface area (Å²) < 4.78 is 0. The Morgan fingerprint density at radius 3 is 2.88 bits per heavy atom. The highest BCUT2D eigenvalue weighted by Gasteiger charge is 2.11. The van der Waals surface area contributed by atoms with Crippen LogP contribution >= 0.6 is 11.6 Å². The molecule has 2 rings (SSSR count). The number of aromatic hydroxyl groups is 1. The molecule has 2 N–H and O–H groups in total. The van der Waals surface area contributed by atoms with Gasteiger partial charge >= 0.3 is 0 Å². The van der Waals surface area contributed by atoms with Gasteiger partial charge in [0.15, 0.2) is 0 Å². The first-order valence-electron chi connectivity index (χ1n) is 5.67. The van der Waals surface area contributed by atoms with Crippen molar-refractivity contribution in [2.45, 2.75) is 26.2 Å². The van der Waals surface area contributed by atoms with Crippen LogP contribution in [0.5, 0.6) is 5.75 Å². The second-order valence-electron chi connectivity index (χ2n) is 4.07. The predicted octanol–water partition coefficient (Wildman–Crippen LogP) is 3.23. The van der Waals surface area contributed by atoms with Crippen molar-refractivity contribution in [1.29, 1.82) is 0 Å². The van der Waals surface area contributed by atoms with E-state index in [2.05, 4.69) is 4.98 Å². The van der Waals surface area contributed by atoms with E-state index in [0.29, 0.717) is 27.9 Å². The van der Waals surface area contributed by atoms with Crippen LogP contribution in [0.4, 0.5) is 0 Å². The zero-order chi connectivity index (χ0) is 12.4. The molecule has 3 nitrogen and oxygen atoms in total. The molecule has 4 heteroatoms. The molecule has 2 aromatic rings. The normalized spacial score (nSPS) is 10.9. The van der Waals surface area contributed by atoms with Crippen molar-refractivity contribution in [1.82, 2.24) is 4.98 Å². The van der Waals surface area contributed by atoms with Crippen LogP contribution in [0.1, 0.15) is 25.3 Å². The Labute approximate surface area is 104 Å². The van der Waals surface area contributed by atoms with E-state index in [9.17, 15) is 9.90 Å². The smallest absolute Gasteiger partial charge is 0.255 e. The monoisotopic (exact) mass is 251 g/mol. The summed E-state index contributed by atoms with van der Waals surface area (Å²) in [4.78, 5) is 14.6. The molecule has 0 aliphatic carbocycles. The predicted molar refractivity (Wildman–Crippen MR) is 69.9 cm³/mol. The number of rotatable bonds is 3. The third-order valence-electron chi connectivity index (χ3n) is 2.83. The number of aromatic nitrogens is 1. The number of fused-ring (bicyclic) bond motifs is 1. The minimum absolute atomic E-state index is 0.0553. The molecular formula is C13H14ClNO2. The first kappa shape index (κ1) is 12.0. The maximum atomic E-state index is 11.8. The highest BCUT2D eigenvalue weighted by atomic mass is 35.5. The van der Waals surface area contributed by atoms with Crippen molar-refractivity contribution in [2.24, 2.45) is 0 Å².